The van der Waals surface area contributed by atoms with Crippen molar-refractivity contribution in [3.05, 3.63) is 0 Å². The highest BCUT2D eigenvalue weighted by atomic mass is 16.5. The number of aliphatic hydroxyl groups excluding tert-OH is 2. The number of ether oxygens (including phenoxy) is 1. The molecule has 1 atom stereocenters. The Bertz CT molecular complexity index is 380. The number of carboxylic acids is 2. The summed E-state index contributed by atoms with van der Waals surface area (Å²) in [5.74, 6) is -4.57. The summed E-state index contributed by atoms with van der Waals surface area (Å²) in [5, 5.41) is 45.3. The van der Waals surface area contributed by atoms with E-state index < -0.39 is 55.0 Å². The van der Waals surface area contributed by atoms with Crippen molar-refractivity contribution in [3.63, 3.8) is 0 Å². The molecular formula is C12H20O9. The van der Waals surface area contributed by atoms with E-state index in [0.29, 0.717) is 6.42 Å². The van der Waals surface area contributed by atoms with Crippen LogP contribution in [0.5, 0.6) is 0 Å². The maximum absolute atomic E-state index is 11.5. The van der Waals surface area contributed by atoms with Gasteiger partial charge in [0.2, 0.25) is 0 Å². The van der Waals surface area contributed by atoms with Crippen molar-refractivity contribution in [1.82, 2.24) is 0 Å². The quantitative estimate of drug-likeness (QED) is 0.305. The van der Waals surface area contributed by atoms with Gasteiger partial charge in [0.1, 0.15) is 6.61 Å². The Balaban J connectivity index is 4.73. The van der Waals surface area contributed by atoms with Gasteiger partial charge in [-0.15, -0.1) is 0 Å². The summed E-state index contributed by atoms with van der Waals surface area (Å²) in [6.45, 7) is 0.369. The average Bonchev–Trinajstić information content (AvgIpc) is 2.39. The van der Waals surface area contributed by atoms with Crippen LogP contribution in [0.1, 0.15) is 26.2 Å². The van der Waals surface area contributed by atoms with Crippen LogP contribution in [0.25, 0.3) is 0 Å². The van der Waals surface area contributed by atoms with Gasteiger partial charge in [0.15, 0.2) is 5.60 Å². The molecule has 9 heteroatoms. The summed E-state index contributed by atoms with van der Waals surface area (Å²) in [6, 6.07) is 0. The molecule has 0 heterocycles. The Labute approximate surface area is 120 Å². The van der Waals surface area contributed by atoms with Crippen LogP contribution in [0.3, 0.4) is 0 Å². The standard InChI is InChI=1S/C12H20O9/c1-2-11(5-13,6-14)7-21-9(17)4-12(20,10(18)19)3-8(15)16/h13-14,20H,2-7H2,1H3,(H,15,16)(H,18,19). The number of hydrogen-bond donors (Lipinski definition) is 5. The zero-order valence-corrected chi connectivity index (χ0v) is 11.6. The molecule has 0 aliphatic heterocycles. The summed E-state index contributed by atoms with van der Waals surface area (Å²) in [6.07, 6.45) is -1.91. The minimum Gasteiger partial charge on any atom is -0.481 e. The molecule has 0 aromatic rings. The molecule has 0 saturated carbocycles. The van der Waals surface area contributed by atoms with Crippen LogP contribution in [0.4, 0.5) is 0 Å². The molecule has 0 bridgehead atoms. The molecule has 0 saturated heterocycles. The van der Waals surface area contributed by atoms with Crippen molar-refractivity contribution in [3.8, 4) is 0 Å². The van der Waals surface area contributed by atoms with Gasteiger partial charge in [0.25, 0.3) is 0 Å². The zero-order chi connectivity index (χ0) is 16.7. The van der Waals surface area contributed by atoms with E-state index in [2.05, 4.69) is 0 Å². The van der Waals surface area contributed by atoms with Gasteiger partial charge in [-0.2, -0.15) is 0 Å². The van der Waals surface area contributed by atoms with Crippen LogP contribution < -0.4 is 0 Å². The molecule has 0 radical (unpaired) electrons. The number of rotatable bonds is 10. The molecule has 21 heavy (non-hydrogen) atoms. The van der Waals surface area contributed by atoms with Crippen LogP contribution in [-0.2, 0) is 19.1 Å². The zero-order valence-electron chi connectivity index (χ0n) is 11.6. The highest BCUT2D eigenvalue weighted by Crippen LogP contribution is 2.22. The molecule has 0 rings (SSSR count). The van der Waals surface area contributed by atoms with Crippen molar-refractivity contribution < 1.29 is 44.7 Å². The molecule has 0 amide bonds. The van der Waals surface area contributed by atoms with Crippen LogP contribution in [0.15, 0.2) is 0 Å². The van der Waals surface area contributed by atoms with E-state index in [1.54, 1.807) is 6.92 Å². The van der Waals surface area contributed by atoms with Crippen LogP contribution >= 0.6 is 0 Å². The first-order valence-corrected chi connectivity index (χ1v) is 6.19. The maximum Gasteiger partial charge on any atom is 0.336 e. The third kappa shape index (κ3) is 5.66. The molecule has 0 aromatic carbocycles. The van der Waals surface area contributed by atoms with Crippen molar-refractivity contribution in [2.45, 2.75) is 31.8 Å². The lowest BCUT2D eigenvalue weighted by atomic mass is 9.88. The Morgan fingerprint density at radius 2 is 1.57 bits per heavy atom. The van der Waals surface area contributed by atoms with Gasteiger partial charge in [-0.25, -0.2) is 4.79 Å². The van der Waals surface area contributed by atoms with Crippen molar-refractivity contribution in [2.24, 2.45) is 5.41 Å². The van der Waals surface area contributed by atoms with Gasteiger partial charge in [-0.3, -0.25) is 9.59 Å². The number of carbonyl (C=O) groups excluding carboxylic acids is 1. The first-order valence-electron chi connectivity index (χ1n) is 6.19. The van der Waals surface area contributed by atoms with E-state index >= 15 is 0 Å². The van der Waals surface area contributed by atoms with E-state index in [0.717, 1.165) is 0 Å². The fraction of sp³-hybridized carbons (Fsp3) is 0.750. The molecule has 0 aliphatic rings. The average molecular weight is 308 g/mol. The van der Waals surface area contributed by atoms with Crippen LogP contribution in [-0.4, -0.2) is 68.9 Å². The van der Waals surface area contributed by atoms with E-state index in [4.69, 9.17) is 25.2 Å². The third-order valence-corrected chi connectivity index (χ3v) is 3.24. The Morgan fingerprint density at radius 3 is 1.90 bits per heavy atom. The van der Waals surface area contributed by atoms with Crippen LogP contribution in [0.2, 0.25) is 0 Å². The number of carboxylic acid groups (broad SMARTS) is 2. The predicted molar refractivity (Wildman–Crippen MR) is 67.3 cm³/mol. The Morgan fingerprint density at radius 1 is 1.05 bits per heavy atom. The SMILES string of the molecule is CCC(CO)(CO)COC(=O)CC(O)(CC(=O)O)C(=O)O. The first-order chi connectivity index (χ1) is 9.64. The monoisotopic (exact) mass is 308 g/mol. The summed E-state index contributed by atoms with van der Waals surface area (Å²) in [7, 11) is 0. The highest BCUT2D eigenvalue weighted by molar-refractivity contribution is 5.88. The minimum absolute atomic E-state index is 0.297. The van der Waals surface area contributed by atoms with E-state index in [9.17, 15) is 19.5 Å². The number of esters is 1. The topological polar surface area (TPSA) is 162 Å². The summed E-state index contributed by atoms with van der Waals surface area (Å²) >= 11 is 0. The van der Waals surface area contributed by atoms with Gasteiger partial charge in [-0.1, -0.05) is 6.92 Å². The largest absolute Gasteiger partial charge is 0.481 e. The number of aliphatic hydroxyl groups is 3. The fourth-order valence-corrected chi connectivity index (χ4v) is 1.45. The first kappa shape index (κ1) is 19.3. The predicted octanol–water partition coefficient (Wildman–Crippen LogP) is -1.41. The minimum atomic E-state index is -2.77. The molecular weight excluding hydrogens is 288 g/mol. The van der Waals surface area contributed by atoms with Crippen LogP contribution in [0, 0.1) is 5.41 Å². The lowest BCUT2D eigenvalue weighted by molar-refractivity contribution is -0.173. The Kier molecular flexibility index (Phi) is 7.27. The molecule has 9 nitrogen and oxygen atoms in total. The molecule has 0 aliphatic carbocycles. The second kappa shape index (κ2) is 7.91. The number of carbonyl (C=O) groups is 3. The summed E-state index contributed by atoms with van der Waals surface area (Å²) in [5.41, 5.74) is -3.83. The molecule has 0 aromatic heterocycles. The highest BCUT2D eigenvalue weighted by Gasteiger charge is 2.42. The van der Waals surface area contributed by atoms with E-state index in [1.165, 1.54) is 0 Å². The van der Waals surface area contributed by atoms with Gasteiger partial charge >= 0.3 is 17.9 Å². The van der Waals surface area contributed by atoms with Gasteiger partial charge in [0, 0.05) is 0 Å². The second-order valence-electron chi connectivity index (χ2n) is 4.91. The maximum atomic E-state index is 11.5. The molecule has 0 fully saturated rings. The van der Waals surface area contributed by atoms with Crippen molar-refractivity contribution in [2.75, 3.05) is 19.8 Å². The number of hydrogen-bond acceptors (Lipinski definition) is 7. The van der Waals surface area contributed by atoms with E-state index in [-0.39, 0.29) is 6.61 Å². The lowest BCUT2D eigenvalue weighted by Crippen LogP contribution is -2.44. The van der Waals surface area contributed by atoms with Crippen molar-refractivity contribution >= 4 is 17.9 Å². The van der Waals surface area contributed by atoms with Gasteiger partial charge in [-0.05, 0) is 6.42 Å². The molecule has 122 valence electrons. The van der Waals surface area contributed by atoms with E-state index in [1.807, 2.05) is 0 Å². The fourth-order valence-electron chi connectivity index (χ4n) is 1.45. The molecule has 5 N–H and O–H groups in total. The molecule has 1 unspecified atom stereocenters. The smallest absolute Gasteiger partial charge is 0.336 e. The normalized spacial score (nSPS) is 14.3. The third-order valence-electron chi connectivity index (χ3n) is 3.24. The van der Waals surface area contributed by atoms with Crippen molar-refractivity contribution in [1.29, 1.82) is 0 Å². The summed E-state index contributed by atoms with van der Waals surface area (Å²) < 4.78 is 4.73. The molecule has 0 spiro atoms. The van der Waals surface area contributed by atoms with Gasteiger partial charge in [0.05, 0.1) is 31.5 Å². The Hall–Kier alpha value is -1.71. The second-order valence-corrected chi connectivity index (χ2v) is 4.91. The lowest BCUT2D eigenvalue weighted by Gasteiger charge is -2.28. The summed E-state index contributed by atoms with van der Waals surface area (Å²) in [4.78, 5) is 32.9. The number of aliphatic carboxylic acids is 2. The van der Waals surface area contributed by atoms with Gasteiger partial charge < -0.3 is 30.3 Å².